The molecule has 0 radical (unpaired) electrons. The van der Waals surface area contributed by atoms with Gasteiger partial charge in [0, 0.05) is 5.92 Å². The van der Waals surface area contributed by atoms with Gasteiger partial charge in [-0.1, -0.05) is 27.7 Å². The average molecular weight is 623 g/mol. The topological polar surface area (TPSA) is 149 Å². The van der Waals surface area contributed by atoms with Gasteiger partial charge in [-0.25, -0.2) is 0 Å². The second-order valence-electron chi connectivity index (χ2n) is 18.3. The molecule has 9 nitrogen and oxygen atoms in total. The van der Waals surface area contributed by atoms with Crippen LogP contribution in [0.2, 0.25) is 0 Å². The Morgan fingerprint density at radius 2 is 1.45 bits per heavy atom. The summed E-state index contributed by atoms with van der Waals surface area (Å²) in [6, 6.07) is 0. The molecule has 0 aromatic rings. The van der Waals surface area contributed by atoms with Gasteiger partial charge in [0.1, 0.15) is 18.3 Å². The molecule has 2 spiro atoms. The maximum atomic E-state index is 12.1. The molecule has 0 aromatic carbocycles. The number of ether oxygens (including phenoxy) is 3. The van der Waals surface area contributed by atoms with Crippen LogP contribution in [0.4, 0.5) is 0 Å². The third-order valence-electron chi connectivity index (χ3n) is 15.5. The van der Waals surface area contributed by atoms with Crippen molar-refractivity contribution in [1.29, 1.82) is 0 Å². The molecule has 2 saturated heterocycles. The van der Waals surface area contributed by atoms with E-state index in [1.807, 2.05) is 13.8 Å². The summed E-state index contributed by atoms with van der Waals surface area (Å²) in [5, 5.41) is 65.5. The molecule has 0 bridgehead atoms. The van der Waals surface area contributed by atoms with Crippen LogP contribution >= 0.6 is 0 Å². The van der Waals surface area contributed by atoms with Crippen LogP contribution in [0.1, 0.15) is 106 Å². The Morgan fingerprint density at radius 3 is 2.11 bits per heavy atom. The van der Waals surface area contributed by atoms with Crippen molar-refractivity contribution in [3.05, 3.63) is 0 Å². The highest BCUT2D eigenvalue weighted by Crippen LogP contribution is 2.89. The van der Waals surface area contributed by atoms with Gasteiger partial charge < -0.3 is 44.8 Å². The van der Waals surface area contributed by atoms with E-state index in [-0.39, 0.29) is 52.3 Å². The number of aliphatic hydroxyl groups excluding tert-OH is 5. The highest BCUT2D eigenvalue weighted by atomic mass is 16.7. The second-order valence-corrected chi connectivity index (χ2v) is 18.3. The van der Waals surface area contributed by atoms with E-state index in [0.29, 0.717) is 18.8 Å². The first kappa shape index (κ1) is 32.2. The highest BCUT2D eigenvalue weighted by Gasteiger charge is 2.85. The van der Waals surface area contributed by atoms with Crippen molar-refractivity contribution >= 4 is 0 Å². The van der Waals surface area contributed by atoms with E-state index in [9.17, 15) is 30.6 Å². The minimum Gasteiger partial charge on any atom is -0.393 e. The van der Waals surface area contributed by atoms with Gasteiger partial charge in [0.15, 0.2) is 6.29 Å². The van der Waals surface area contributed by atoms with Crippen molar-refractivity contribution in [1.82, 2.24) is 0 Å². The zero-order valence-electron chi connectivity index (χ0n) is 27.8. The molecule has 44 heavy (non-hydrogen) atoms. The summed E-state index contributed by atoms with van der Waals surface area (Å²) in [4.78, 5) is 0. The minimum absolute atomic E-state index is 0.00753. The van der Waals surface area contributed by atoms with E-state index in [2.05, 4.69) is 34.6 Å². The predicted octanol–water partition coefficient (Wildman–Crippen LogP) is 2.90. The van der Waals surface area contributed by atoms with E-state index in [1.165, 1.54) is 0 Å². The van der Waals surface area contributed by atoms with Crippen LogP contribution in [0.3, 0.4) is 0 Å². The van der Waals surface area contributed by atoms with Crippen molar-refractivity contribution in [2.45, 2.75) is 166 Å². The summed E-state index contributed by atoms with van der Waals surface area (Å²) in [5.41, 5.74) is -2.01. The fourth-order valence-corrected chi connectivity index (χ4v) is 13.4. The van der Waals surface area contributed by atoms with E-state index >= 15 is 0 Å². The van der Waals surface area contributed by atoms with Gasteiger partial charge in [-0.3, -0.25) is 0 Å². The van der Waals surface area contributed by atoms with Crippen LogP contribution in [-0.4, -0.2) is 97.5 Å². The normalized spacial score (nSPS) is 59.8. The number of hydrogen-bond donors (Lipinski definition) is 6. The molecule has 0 amide bonds. The van der Waals surface area contributed by atoms with Crippen LogP contribution in [0.25, 0.3) is 0 Å². The molecule has 9 heteroatoms. The van der Waals surface area contributed by atoms with Crippen molar-refractivity contribution in [3.63, 3.8) is 0 Å². The first-order chi connectivity index (χ1) is 20.3. The SMILES string of the molecule is CC(C)(O)[C@@H]1CC[C@](C)([C@@H]2[C@@H](O)C[C@@]3(C)[C@@H]4C[C@@H](O)[C@H]5C(C)(C)[C@@H](O[C@@H]6OC[C@H](O)[C@H](O)[C@@H]6O)CC[C@@]56C[C@@]46CC[C@]23C)O1. The summed E-state index contributed by atoms with van der Waals surface area (Å²) in [5.74, 6) is 0.285. The lowest BCUT2D eigenvalue weighted by Crippen LogP contribution is -2.63. The van der Waals surface area contributed by atoms with Crippen LogP contribution in [0.5, 0.6) is 0 Å². The Bertz CT molecular complexity index is 1160. The molecule has 2 heterocycles. The number of fused-ring (bicyclic) bond motifs is 2. The lowest BCUT2D eigenvalue weighted by atomic mass is 9.41. The smallest absolute Gasteiger partial charge is 0.186 e. The molecule has 0 unspecified atom stereocenters. The van der Waals surface area contributed by atoms with Crippen molar-refractivity contribution < 1.29 is 44.8 Å². The van der Waals surface area contributed by atoms with Gasteiger partial charge >= 0.3 is 0 Å². The monoisotopic (exact) mass is 622 g/mol. The Balaban J connectivity index is 1.15. The summed E-state index contributed by atoms with van der Waals surface area (Å²) < 4.78 is 18.7. The second kappa shape index (κ2) is 9.63. The molecule has 5 saturated carbocycles. The lowest BCUT2D eigenvalue weighted by molar-refractivity contribution is -0.306. The Labute approximate surface area is 262 Å². The highest BCUT2D eigenvalue weighted by molar-refractivity contribution is 5.33. The third kappa shape index (κ3) is 3.97. The fourth-order valence-electron chi connectivity index (χ4n) is 13.4. The van der Waals surface area contributed by atoms with Gasteiger partial charge in [0.2, 0.25) is 0 Å². The average Bonchev–Trinajstić information content (AvgIpc) is 3.27. The number of rotatable bonds is 4. The van der Waals surface area contributed by atoms with Crippen LogP contribution in [0.15, 0.2) is 0 Å². The zero-order valence-corrected chi connectivity index (χ0v) is 27.8. The van der Waals surface area contributed by atoms with Gasteiger partial charge in [0.05, 0.1) is 42.2 Å². The van der Waals surface area contributed by atoms with Gasteiger partial charge in [0.25, 0.3) is 0 Å². The van der Waals surface area contributed by atoms with E-state index in [4.69, 9.17) is 14.2 Å². The molecule has 7 fully saturated rings. The minimum atomic E-state index is -1.33. The number of hydrogen-bond acceptors (Lipinski definition) is 9. The molecule has 16 atom stereocenters. The molecular formula is C35H58O9. The molecule has 0 aromatic heterocycles. The predicted molar refractivity (Wildman–Crippen MR) is 161 cm³/mol. The fraction of sp³-hybridized carbons (Fsp3) is 1.00. The zero-order chi connectivity index (χ0) is 32.0. The molecule has 2 aliphatic heterocycles. The molecule has 7 aliphatic rings. The lowest BCUT2D eigenvalue weighted by Gasteiger charge is -2.64. The summed E-state index contributed by atoms with van der Waals surface area (Å²) >= 11 is 0. The van der Waals surface area contributed by atoms with Crippen molar-refractivity contribution in [2.75, 3.05) is 6.61 Å². The summed E-state index contributed by atoms with van der Waals surface area (Å²) in [7, 11) is 0. The van der Waals surface area contributed by atoms with Gasteiger partial charge in [-0.05, 0) is 117 Å². The summed E-state index contributed by atoms with van der Waals surface area (Å²) in [6.45, 7) is 14.8. The first-order valence-corrected chi connectivity index (χ1v) is 17.4. The van der Waals surface area contributed by atoms with Gasteiger partial charge in [-0.15, -0.1) is 0 Å². The standard InChI is InChI=1S/C35H58O9/c1-29(2)22(43-28-25(40)24(39)20(38)16-42-28)9-11-35-17-34(35)13-12-31(5)27(33(7)10-8-23(44-33)30(3,4)41)19(37)15-32(31,6)21(34)14-18(36)26(29)35/h18-28,36-41H,8-17H2,1-7H3/t18-,19+,20+,21+,22+,23+,24+,25+,26+,27-,28+,31-,32+,33-,34+,35-/m1/s1. The van der Waals surface area contributed by atoms with Crippen molar-refractivity contribution in [2.24, 2.45) is 44.8 Å². The Kier molecular flexibility index (Phi) is 7.04. The molecular weight excluding hydrogens is 564 g/mol. The first-order valence-electron chi connectivity index (χ1n) is 17.4. The van der Waals surface area contributed by atoms with E-state index in [0.717, 1.165) is 44.9 Å². The van der Waals surface area contributed by atoms with Crippen LogP contribution in [-0.2, 0) is 14.2 Å². The molecule has 7 rings (SSSR count). The molecule has 6 N–H and O–H groups in total. The van der Waals surface area contributed by atoms with E-state index in [1.54, 1.807) is 0 Å². The number of aliphatic hydroxyl groups is 6. The Morgan fingerprint density at radius 1 is 0.750 bits per heavy atom. The van der Waals surface area contributed by atoms with E-state index < -0.39 is 53.4 Å². The maximum absolute atomic E-state index is 12.1. The largest absolute Gasteiger partial charge is 0.393 e. The van der Waals surface area contributed by atoms with Gasteiger partial charge in [-0.2, -0.15) is 0 Å². The molecule has 5 aliphatic carbocycles. The van der Waals surface area contributed by atoms with Crippen molar-refractivity contribution in [3.8, 4) is 0 Å². The molecule has 252 valence electrons. The van der Waals surface area contributed by atoms with Crippen LogP contribution < -0.4 is 0 Å². The third-order valence-corrected chi connectivity index (χ3v) is 15.5. The maximum Gasteiger partial charge on any atom is 0.186 e. The Hall–Kier alpha value is -0.360. The quantitative estimate of drug-likeness (QED) is 0.260. The van der Waals surface area contributed by atoms with Crippen LogP contribution in [0, 0.1) is 44.8 Å². The summed E-state index contributed by atoms with van der Waals surface area (Å²) in [6.07, 6.45) is 1.57.